The minimum absolute atomic E-state index is 0.0288. The molecule has 1 heterocycles. The first-order valence-corrected chi connectivity index (χ1v) is 6.23. The quantitative estimate of drug-likeness (QED) is 0.856. The Morgan fingerprint density at radius 3 is 2.86 bits per heavy atom. The van der Waals surface area contributed by atoms with Gasteiger partial charge in [0.25, 0.3) is 5.91 Å². The van der Waals surface area contributed by atoms with E-state index in [1.165, 1.54) is 30.5 Å². The van der Waals surface area contributed by atoms with Crippen LogP contribution in [0.15, 0.2) is 35.1 Å². The van der Waals surface area contributed by atoms with Crippen molar-refractivity contribution < 1.29 is 23.2 Å². The zero-order chi connectivity index (χ0) is 15.2. The highest BCUT2D eigenvalue weighted by molar-refractivity contribution is 6.31. The maximum Gasteiger partial charge on any atom is 0.310 e. The number of aromatic nitrogens is 1. The molecule has 0 spiro atoms. The van der Waals surface area contributed by atoms with Gasteiger partial charge in [0.1, 0.15) is 12.1 Å². The van der Waals surface area contributed by atoms with Gasteiger partial charge in [-0.2, -0.15) is 0 Å². The molecule has 1 amide bonds. The Kier molecular flexibility index (Phi) is 4.89. The number of hydrogen-bond donors (Lipinski definition) is 1. The lowest BCUT2D eigenvalue weighted by Crippen LogP contribution is -2.22. The molecule has 1 aromatic heterocycles. The second-order valence-electron chi connectivity index (χ2n) is 3.97. The van der Waals surface area contributed by atoms with Crippen molar-refractivity contribution in [3.63, 3.8) is 0 Å². The number of nitrogens with one attached hydrogen (secondary N) is 1. The highest BCUT2D eigenvalue weighted by atomic mass is 35.5. The summed E-state index contributed by atoms with van der Waals surface area (Å²) in [4.78, 5) is 23.0. The monoisotopic (exact) mass is 312 g/mol. The van der Waals surface area contributed by atoms with Gasteiger partial charge < -0.3 is 14.6 Å². The summed E-state index contributed by atoms with van der Waals surface area (Å²) in [5, 5.41) is 5.93. The van der Waals surface area contributed by atoms with Crippen molar-refractivity contribution in [3.8, 4) is 0 Å². The molecule has 0 atom stereocenters. The number of hydrogen-bond acceptors (Lipinski definition) is 5. The second-order valence-corrected chi connectivity index (χ2v) is 4.38. The molecular formula is C13H10ClFN2O4. The first-order valence-electron chi connectivity index (χ1n) is 5.85. The van der Waals surface area contributed by atoms with Crippen LogP contribution in [0.5, 0.6) is 0 Å². The number of esters is 1. The fraction of sp³-hybridized carbons (Fsp3) is 0.154. The number of ether oxygens (including phenoxy) is 1. The Morgan fingerprint density at radius 2 is 2.19 bits per heavy atom. The maximum absolute atomic E-state index is 13.5. The summed E-state index contributed by atoms with van der Waals surface area (Å²) in [6, 6.07) is 5.51. The highest BCUT2D eigenvalue weighted by Gasteiger charge is 2.14. The Bertz CT molecular complexity index is 625. The molecule has 8 heteroatoms. The third-order valence-corrected chi connectivity index (χ3v) is 2.81. The van der Waals surface area contributed by atoms with Crippen LogP contribution in [0.25, 0.3) is 0 Å². The van der Waals surface area contributed by atoms with Crippen molar-refractivity contribution in [2.75, 3.05) is 11.9 Å². The number of carbonyl (C=O) groups excluding carboxylic acids is 2. The number of carbonyl (C=O) groups is 2. The van der Waals surface area contributed by atoms with E-state index in [-0.39, 0.29) is 22.8 Å². The van der Waals surface area contributed by atoms with Gasteiger partial charge in [-0.15, -0.1) is 0 Å². The summed E-state index contributed by atoms with van der Waals surface area (Å²) in [6.07, 6.45) is 0.921. The molecule has 0 saturated carbocycles. The van der Waals surface area contributed by atoms with Crippen LogP contribution in [-0.4, -0.2) is 23.6 Å². The van der Waals surface area contributed by atoms with Crippen molar-refractivity contribution in [1.82, 2.24) is 5.16 Å². The van der Waals surface area contributed by atoms with Crippen molar-refractivity contribution in [2.24, 2.45) is 0 Å². The topological polar surface area (TPSA) is 81.4 Å². The standard InChI is InChI=1S/C13H10ClFN2O4/c14-9-2-1-3-10(15)8(9)6-13(19)20-7-12(18)16-11-4-5-21-17-11/h1-5H,6-7H2,(H,16,17,18). The lowest BCUT2D eigenvalue weighted by molar-refractivity contribution is -0.146. The number of rotatable bonds is 5. The lowest BCUT2D eigenvalue weighted by atomic mass is 10.1. The first-order chi connectivity index (χ1) is 10.1. The minimum Gasteiger partial charge on any atom is -0.455 e. The van der Waals surface area contributed by atoms with E-state index in [1.807, 2.05) is 0 Å². The van der Waals surface area contributed by atoms with Gasteiger partial charge in [0, 0.05) is 16.7 Å². The zero-order valence-electron chi connectivity index (χ0n) is 10.6. The normalized spacial score (nSPS) is 10.2. The summed E-state index contributed by atoms with van der Waals surface area (Å²) < 4.78 is 22.7. The second kappa shape index (κ2) is 6.85. The van der Waals surface area contributed by atoms with Gasteiger partial charge in [0.05, 0.1) is 6.42 Å². The molecule has 2 rings (SSSR count). The molecule has 2 aromatic rings. The smallest absolute Gasteiger partial charge is 0.310 e. The molecule has 6 nitrogen and oxygen atoms in total. The first kappa shape index (κ1) is 15.0. The molecule has 1 N–H and O–H groups in total. The maximum atomic E-state index is 13.5. The van der Waals surface area contributed by atoms with Gasteiger partial charge >= 0.3 is 5.97 Å². The van der Waals surface area contributed by atoms with E-state index in [1.54, 1.807) is 0 Å². The molecule has 0 radical (unpaired) electrons. The fourth-order valence-corrected chi connectivity index (χ4v) is 1.73. The van der Waals surface area contributed by atoms with Crippen LogP contribution >= 0.6 is 11.6 Å². The van der Waals surface area contributed by atoms with Gasteiger partial charge in [-0.1, -0.05) is 22.8 Å². The Hall–Kier alpha value is -2.41. The summed E-state index contributed by atoms with van der Waals surface area (Å²) >= 11 is 5.79. The third kappa shape index (κ3) is 4.28. The van der Waals surface area contributed by atoms with Crippen LogP contribution in [-0.2, 0) is 20.7 Å². The molecule has 21 heavy (non-hydrogen) atoms. The molecule has 0 aliphatic heterocycles. The highest BCUT2D eigenvalue weighted by Crippen LogP contribution is 2.19. The van der Waals surface area contributed by atoms with Gasteiger partial charge in [-0.3, -0.25) is 9.59 Å². The number of amides is 1. The van der Waals surface area contributed by atoms with Crippen LogP contribution in [0.3, 0.4) is 0 Å². The summed E-state index contributed by atoms with van der Waals surface area (Å²) in [5.74, 6) is -1.76. The van der Waals surface area contributed by atoms with Crippen LogP contribution in [0.1, 0.15) is 5.56 Å². The Labute approximate surface area is 123 Å². The predicted octanol–water partition coefficient (Wildman–Crippen LogP) is 2.19. The van der Waals surface area contributed by atoms with Gasteiger partial charge in [0.15, 0.2) is 12.4 Å². The SMILES string of the molecule is O=C(COC(=O)Cc1c(F)cccc1Cl)Nc1ccon1. The number of benzene rings is 1. The molecule has 1 aromatic carbocycles. The van der Waals surface area contributed by atoms with Gasteiger partial charge in [-0.05, 0) is 12.1 Å². The molecule has 110 valence electrons. The van der Waals surface area contributed by atoms with Crippen LogP contribution in [0.2, 0.25) is 5.02 Å². The van der Waals surface area contributed by atoms with Gasteiger partial charge in [0.2, 0.25) is 0 Å². The molecule has 0 fully saturated rings. The van der Waals surface area contributed by atoms with Crippen molar-refractivity contribution in [3.05, 3.63) is 46.9 Å². The average Bonchev–Trinajstić information content (AvgIpc) is 2.94. The molecule has 0 unspecified atom stereocenters. The number of halogens is 2. The van der Waals surface area contributed by atoms with Crippen molar-refractivity contribution in [1.29, 1.82) is 0 Å². The predicted molar refractivity (Wildman–Crippen MR) is 71.2 cm³/mol. The van der Waals surface area contributed by atoms with E-state index in [2.05, 4.69) is 15.0 Å². The summed E-state index contributed by atoms with van der Waals surface area (Å²) in [7, 11) is 0. The van der Waals surface area contributed by atoms with Gasteiger partial charge in [-0.25, -0.2) is 4.39 Å². The third-order valence-electron chi connectivity index (χ3n) is 2.45. The number of nitrogens with zero attached hydrogens (tertiary/aromatic N) is 1. The average molecular weight is 313 g/mol. The largest absolute Gasteiger partial charge is 0.455 e. The number of anilines is 1. The van der Waals surface area contributed by atoms with E-state index in [0.717, 1.165) is 0 Å². The van der Waals surface area contributed by atoms with E-state index in [0.29, 0.717) is 0 Å². The van der Waals surface area contributed by atoms with E-state index in [9.17, 15) is 14.0 Å². The Morgan fingerprint density at radius 1 is 1.38 bits per heavy atom. The van der Waals surface area contributed by atoms with Crippen LogP contribution in [0, 0.1) is 5.82 Å². The van der Waals surface area contributed by atoms with Crippen molar-refractivity contribution >= 4 is 29.3 Å². The van der Waals surface area contributed by atoms with Crippen molar-refractivity contribution in [2.45, 2.75) is 6.42 Å². The van der Waals surface area contributed by atoms with Crippen LogP contribution in [0.4, 0.5) is 10.2 Å². The zero-order valence-corrected chi connectivity index (χ0v) is 11.4. The van der Waals surface area contributed by atoms with Crippen LogP contribution < -0.4 is 5.32 Å². The minimum atomic E-state index is -0.766. The van der Waals surface area contributed by atoms with E-state index >= 15 is 0 Å². The molecule has 0 saturated heterocycles. The molecule has 0 bridgehead atoms. The molecule has 0 aliphatic carbocycles. The Balaban J connectivity index is 1.83. The summed E-state index contributed by atoms with van der Waals surface area (Å²) in [6.45, 7) is -0.516. The van der Waals surface area contributed by atoms with E-state index in [4.69, 9.17) is 16.3 Å². The fourth-order valence-electron chi connectivity index (χ4n) is 1.50. The molecular weight excluding hydrogens is 303 g/mol. The van der Waals surface area contributed by atoms with E-state index < -0.39 is 24.3 Å². The lowest BCUT2D eigenvalue weighted by Gasteiger charge is -2.06. The summed E-state index contributed by atoms with van der Waals surface area (Å²) in [5.41, 5.74) is 0.0288. The molecule has 0 aliphatic rings.